The van der Waals surface area contributed by atoms with E-state index in [2.05, 4.69) is 15.2 Å². The Labute approximate surface area is 72.8 Å². The average Bonchev–Trinajstić information content (AvgIpc) is 2.31. The van der Waals surface area contributed by atoms with E-state index >= 15 is 0 Å². The molecule has 0 radical (unpaired) electrons. The second-order valence-electron chi connectivity index (χ2n) is 1.89. The third-order valence-corrected chi connectivity index (χ3v) is 1.98. The number of H-pyrrole nitrogens is 2. The number of carbonyl (C=O) groups excluding carboxylic acids is 1. The first-order valence-corrected chi connectivity index (χ1v) is 4.35. The van der Waals surface area contributed by atoms with Crippen molar-refractivity contribution in [2.75, 3.05) is 0 Å². The summed E-state index contributed by atoms with van der Waals surface area (Å²) in [6, 6.07) is 0. The Bertz CT molecular complexity index is 303. The summed E-state index contributed by atoms with van der Waals surface area (Å²) in [6.07, 6.45) is 0. The highest BCUT2D eigenvalue weighted by Crippen LogP contribution is 2.07. The number of hydrogen-bond acceptors (Lipinski definition) is 4. The van der Waals surface area contributed by atoms with Crippen molar-refractivity contribution in [2.24, 2.45) is 0 Å². The average molecular weight is 189 g/mol. The highest BCUT2D eigenvalue weighted by atomic mass is 32.2. The van der Waals surface area contributed by atoms with Crippen LogP contribution < -0.4 is 0 Å². The molecule has 1 rings (SSSR count). The SMILES string of the molecule is CC(=O)SCc1nc(=S)[nH][nH]1. The van der Waals surface area contributed by atoms with Gasteiger partial charge < -0.3 is 0 Å². The Hall–Kier alpha value is -0.620. The molecule has 1 aromatic heterocycles. The van der Waals surface area contributed by atoms with Gasteiger partial charge in [0.05, 0.1) is 5.75 Å². The molecule has 6 heteroatoms. The van der Waals surface area contributed by atoms with E-state index < -0.39 is 0 Å². The molecule has 0 bridgehead atoms. The van der Waals surface area contributed by atoms with Gasteiger partial charge in [0.1, 0.15) is 5.82 Å². The van der Waals surface area contributed by atoms with Gasteiger partial charge >= 0.3 is 0 Å². The molecule has 4 nitrogen and oxygen atoms in total. The Morgan fingerprint density at radius 2 is 2.45 bits per heavy atom. The Morgan fingerprint density at radius 3 is 2.91 bits per heavy atom. The number of hydrogen-bond donors (Lipinski definition) is 2. The Kier molecular flexibility index (Phi) is 2.84. The molecule has 1 heterocycles. The molecule has 1 aromatic rings. The molecule has 0 aromatic carbocycles. The first kappa shape index (κ1) is 8.48. The summed E-state index contributed by atoms with van der Waals surface area (Å²) in [5, 5.41) is 5.47. The maximum absolute atomic E-state index is 10.5. The van der Waals surface area contributed by atoms with Crippen LogP contribution in [0.1, 0.15) is 12.7 Å². The van der Waals surface area contributed by atoms with Crippen molar-refractivity contribution in [2.45, 2.75) is 12.7 Å². The minimum Gasteiger partial charge on any atom is -0.288 e. The number of carbonyl (C=O) groups is 1. The van der Waals surface area contributed by atoms with Crippen molar-refractivity contribution in [3.05, 3.63) is 10.6 Å². The Morgan fingerprint density at radius 1 is 1.73 bits per heavy atom. The zero-order valence-electron chi connectivity index (χ0n) is 5.88. The maximum Gasteiger partial charge on any atom is 0.213 e. The predicted molar refractivity (Wildman–Crippen MR) is 45.7 cm³/mol. The molecular weight excluding hydrogens is 182 g/mol. The van der Waals surface area contributed by atoms with E-state index in [0.717, 1.165) is 0 Å². The number of nitrogens with zero attached hydrogens (tertiary/aromatic N) is 1. The molecule has 0 amide bonds. The third kappa shape index (κ3) is 2.85. The number of aromatic amines is 2. The van der Waals surface area contributed by atoms with Gasteiger partial charge in [-0.15, -0.1) is 0 Å². The van der Waals surface area contributed by atoms with E-state index in [4.69, 9.17) is 12.2 Å². The van der Waals surface area contributed by atoms with Crippen LogP contribution in [0.25, 0.3) is 0 Å². The zero-order chi connectivity index (χ0) is 8.27. The van der Waals surface area contributed by atoms with Crippen LogP contribution in [0.15, 0.2) is 0 Å². The van der Waals surface area contributed by atoms with Crippen LogP contribution in [-0.4, -0.2) is 20.3 Å². The standard InChI is InChI=1S/C5H7N3OS2/c1-3(9)11-2-4-6-5(10)8-7-4/h2H2,1H3,(H2,6,7,8,10). The quantitative estimate of drug-likeness (QED) is 0.687. The van der Waals surface area contributed by atoms with Crippen molar-refractivity contribution in [1.29, 1.82) is 0 Å². The molecule has 0 saturated carbocycles. The first-order valence-electron chi connectivity index (χ1n) is 2.95. The molecule has 0 aliphatic heterocycles. The van der Waals surface area contributed by atoms with Crippen LogP contribution >= 0.6 is 24.0 Å². The van der Waals surface area contributed by atoms with Gasteiger partial charge in [-0.1, -0.05) is 11.8 Å². The van der Waals surface area contributed by atoms with Gasteiger partial charge in [0, 0.05) is 6.92 Å². The van der Waals surface area contributed by atoms with E-state index in [1.54, 1.807) is 0 Å². The zero-order valence-corrected chi connectivity index (χ0v) is 7.51. The van der Waals surface area contributed by atoms with Crippen LogP contribution in [0.2, 0.25) is 0 Å². The van der Waals surface area contributed by atoms with Crippen LogP contribution in [-0.2, 0) is 10.5 Å². The molecule has 0 spiro atoms. The molecule has 0 atom stereocenters. The maximum atomic E-state index is 10.5. The van der Waals surface area contributed by atoms with Crippen LogP contribution in [0.5, 0.6) is 0 Å². The fourth-order valence-electron chi connectivity index (χ4n) is 0.542. The summed E-state index contributed by atoms with van der Waals surface area (Å²) in [6.45, 7) is 1.52. The van der Waals surface area contributed by atoms with Crippen LogP contribution in [0.4, 0.5) is 0 Å². The summed E-state index contributed by atoms with van der Waals surface area (Å²) in [5.74, 6) is 1.25. The summed E-state index contributed by atoms with van der Waals surface area (Å²) in [4.78, 5) is 14.4. The van der Waals surface area contributed by atoms with Crippen LogP contribution in [0, 0.1) is 4.77 Å². The largest absolute Gasteiger partial charge is 0.288 e. The van der Waals surface area contributed by atoms with E-state index in [1.165, 1.54) is 18.7 Å². The van der Waals surface area contributed by atoms with Crippen molar-refractivity contribution in [1.82, 2.24) is 15.2 Å². The normalized spacial score (nSPS) is 9.91. The number of nitrogens with one attached hydrogen (secondary N) is 2. The van der Waals surface area contributed by atoms with E-state index in [1.807, 2.05) is 0 Å². The fraction of sp³-hybridized carbons (Fsp3) is 0.400. The van der Waals surface area contributed by atoms with Gasteiger partial charge in [0.25, 0.3) is 0 Å². The molecule has 0 fully saturated rings. The van der Waals surface area contributed by atoms with Gasteiger partial charge in [-0.05, 0) is 12.2 Å². The van der Waals surface area contributed by atoms with Gasteiger partial charge in [0.15, 0.2) is 5.12 Å². The molecule has 11 heavy (non-hydrogen) atoms. The molecule has 0 saturated heterocycles. The molecule has 60 valence electrons. The summed E-state index contributed by atoms with van der Waals surface area (Å²) < 4.78 is 0.421. The monoisotopic (exact) mass is 189 g/mol. The summed E-state index contributed by atoms with van der Waals surface area (Å²) in [7, 11) is 0. The van der Waals surface area contributed by atoms with Gasteiger partial charge in [-0.2, -0.15) is 0 Å². The minimum atomic E-state index is 0.0762. The topological polar surface area (TPSA) is 61.5 Å². The first-order chi connectivity index (χ1) is 5.18. The van der Waals surface area contributed by atoms with Gasteiger partial charge in [-0.25, -0.2) is 4.98 Å². The van der Waals surface area contributed by atoms with Gasteiger partial charge in [0.2, 0.25) is 4.77 Å². The van der Waals surface area contributed by atoms with Crippen molar-refractivity contribution >= 4 is 29.1 Å². The number of thioether (sulfide) groups is 1. The lowest BCUT2D eigenvalue weighted by molar-refractivity contribution is -0.109. The lowest BCUT2D eigenvalue weighted by Crippen LogP contribution is -1.87. The predicted octanol–water partition coefficient (Wildman–Crippen LogP) is 1.25. The van der Waals surface area contributed by atoms with Crippen molar-refractivity contribution in [3.63, 3.8) is 0 Å². The fourth-order valence-corrected chi connectivity index (χ4v) is 1.18. The third-order valence-electron chi connectivity index (χ3n) is 0.962. The van der Waals surface area contributed by atoms with Crippen molar-refractivity contribution < 1.29 is 4.79 Å². The lowest BCUT2D eigenvalue weighted by Gasteiger charge is -1.89. The second kappa shape index (κ2) is 3.68. The second-order valence-corrected chi connectivity index (χ2v) is 3.43. The summed E-state index contributed by atoms with van der Waals surface area (Å²) in [5.41, 5.74) is 0. The van der Waals surface area contributed by atoms with Crippen molar-refractivity contribution in [3.8, 4) is 0 Å². The minimum absolute atomic E-state index is 0.0762. The molecule has 2 N–H and O–H groups in total. The van der Waals surface area contributed by atoms with Gasteiger partial charge in [-0.3, -0.25) is 15.0 Å². The molecule has 0 unspecified atom stereocenters. The molecule has 0 aliphatic rings. The molecule has 0 aliphatic carbocycles. The Balaban J connectivity index is 2.51. The summed E-state index contributed by atoms with van der Waals surface area (Å²) >= 11 is 5.92. The van der Waals surface area contributed by atoms with Crippen LogP contribution in [0.3, 0.4) is 0 Å². The number of rotatable bonds is 2. The van der Waals surface area contributed by atoms with E-state index in [-0.39, 0.29) is 5.12 Å². The highest BCUT2D eigenvalue weighted by molar-refractivity contribution is 8.12. The molecular formula is C5H7N3OS2. The van der Waals surface area contributed by atoms with E-state index in [9.17, 15) is 4.79 Å². The lowest BCUT2D eigenvalue weighted by atomic mass is 10.7. The highest BCUT2D eigenvalue weighted by Gasteiger charge is 1.98. The van der Waals surface area contributed by atoms with E-state index in [0.29, 0.717) is 16.3 Å². The smallest absolute Gasteiger partial charge is 0.213 e. The number of aromatic nitrogens is 3.